The Morgan fingerprint density at radius 3 is 2.38 bits per heavy atom. The first-order valence-corrected chi connectivity index (χ1v) is 7.82. The summed E-state index contributed by atoms with van der Waals surface area (Å²) >= 11 is 0. The van der Waals surface area contributed by atoms with Crippen LogP contribution in [0, 0.1) is 0 Å². The van der Waals surface area contributed by atoms with Crippen LogP contribution in [0.4, 0.5) is 0 Å². The Morgan fingerprint density at radius 2 is 1.79 bits per heavy atom. The van der Waals surface area contributed by atoms with E-state index in [1.54, 1.807) is 24.8 Å². The summed E-state index contributed by atoms with van der Waals surface area (Å²) in [6.45, 7) is 5.59. The predicted octanol–water partition coefficient (Wildman–Crippen LogP) is 2.67. The molecule has 0 aliphatic rings. The standard InChI is InChI=1S/C19H23NO4/c1-4-24-19(23)13-10-15(2)20(18(22)12-11-16(3)21)14-17-8-6-5-7-9-17/h5-13,15H,4,14H2,1-3H3/b12-11+,13-10+/t15-/m0/s1. The van der Waals surface area contributed by atoms with Crippen molar-refractivity contribution in [2.24, 2.45) is 0 Å². The first-order valence-electron chi connectivity index (χ1n) is 7.82. The van der Waals surface area contributed by atoms with Gasteiger partial charge in [-0.1, -0.05) is 36.4 Å². The number of hydrogen-bond acceptors (Lipinski definition) is 4. The number of nitrogens with zero attached hydrogens (tertiary/aromatic N) is 1. The quantitative estimate of drug-likeness (QED) is 0.543. The van der Waals surface area contributed by atoms with Gasteiger partial charge in [0.2, 0.25) is 5.91 Å². The minimum absolute atomic E-state index is 0.197. The van der Waals surface area contributed by atoms with E-state index in [1.807, 2.05) is 30.3 Å². The van der Waals surface area contributed by atoms with E-state index in [0.717, 1.165) is 5.56 Å². The lowest BCUT2D eigenvalue weighted by molar-refractivity contribution is -0.137. The molecule has 0 aromatic heterocycles. The molecule has 24 heavy (non-hydrogen) atoms. The molecule has 0 saturated carbocycles. The van der Waals surface area contributed by atoms with Crippen LogP contribution in [0.2, 0.25) is 0 Å². The largest absolute Gasteiger partial charge is 0.463 e. The second-order valence-corrected chi connectivity index (χ2v) is 5.25. The van der Waals surface area contributed by atoms with E-state index in [4.69, 9.17) is 4.74 Å². The van der Waals surface area contributed by atoms with E-state index >= 15 is 0 Å². The molecule has 1 rings (SSSR count). The minimum Gasteiger partial charge on any atom is -0.463 e. The zero-order chi connectivity index (χ0) is 17.9. The van der Waals surface area contributed by atoms with Gasteiger partial charge in [-0.3, -0.25) is 9.59 Å². The number of ether oxygens (including phenoxy) is 1. The monoisotopic (exact) mass is 329 g/mol. The van der Waals surface area contributed by atoms with Crippen LogP contribution in [0.25, 0.3) is 0 Å². The first kappa shape index (κ1) is 19.4. The summed E-state index contributed by atoms with van der Waals surface area (Å²) in [5.74, 6) is -0.941. The van der Waals surface area contributed by atoms with Gasteiger partial charge in [0.05, 0.1) is 6.61 Å². The van der Waals surface area contributed by atoms with Crippen molar-refractivity contribution in [3.8, 4) is 0 Å². The van der Waals surface area contributed by atoms with Crippen molar-refractivity contribution in [2.75, 3.05) is 6.61 Å². The number of carbonyl (C=O) groups excluding carboxylic acids is 3. The molecular formula is C19H23NO4. The van der Waals surface area contributed by atoms with Crippen molar-refractivity contribution < 1.29 is 19.1 Å². The van der Waals surface area contributed by atoms with Crippen LogP contribution in [0.5, 0.6) is 0 Å². The molecule has 0 bridgehead atoms. The molecule has 0 fully saturated rings. The molecule has 0 spiro atoms. The van der Waals surface area contributed by atoms with Gasteiger partial charge in [0.25, 0.3) is 0 Å². The summed E-state index contributed by atoms with van der Waals surface area (Å²) in [4.78, 5) is 36.5. The Balaban J connectivity index is 2.92. The highest BCUT2D eigenvalue weighted by Crippen LogP contribution is 2.11. The Bertz CT molecular complexity index is 620. The highest BCUT2D eigenvalue weighted by molar-refractivity contribution is 5.96. The molecular weight excluding hydrogens is 306 g/mol. The molecule has 1 aromatic rings. The molecule has 0 aliphatic heterocycles. The fourth-order valence-electron chi connectivity index (χ4n) is 2.00. The van der Waals surface area contributed by atoms with Gasteiger partial charge >= 0.3 is 5.97 Å². The maximum atomic E-state index is 12.4. The maximum absolute atomic E-state index is 12.4. The molecule has 0 radical (unpaired) electrons. The highest BCUT2D eigenvalue weighted by atomic mass is 16.5. The summed E-state index contributed by atoms with van der Waals surface area (Å²) in [6.07, 6.45) is 5.41. The van der Waals surface area contributed by atoms with Gasteiger partial charge in [0, 0.05) is 24.7 Å². The predicted molar refractivity (Wildman–Crippen MR) is 92.0 cm³/mol. The Labute approximate surface area is 142 Å². The van der Waals surface area contributed by atoms with Crippen molar-refractivity contribution in [3.63, 3.8) is 0 Å². The molecule has 0 N–H and O–H groups in total. The highest BCUT2D eigenvalue weighted by Gasteiger charge is 2.17. The van der Waals surface area contributed by atoms with Gasteiger partial charge in [0.15, 0.2) is 5.78 Å². The van der Waals surface area contributed by atoms with E-state index in [1.165, 1.54) is 25.2 Å². The molecule has 1 atom stereocenters. The fourth-order valence-corrected chi connectivity index (χ4v) is 2.00. The zero-order valence-electron chi connectivity index (χ0n) is 14.3. The van der Waals surface area contributed by atoms with Crippen molar-refractivity contribution in [1.82, 2.24) is 4.90 Å². The maximum Gasteiger partial charge on any atom is 0.330 e. The number of allylic oxidation sites excluding steroid dienone is 1. The summed E-state index contributed by atoms with van der Waals surface area (Å²) in [7, 11) is 0. The molecule has 0 heterocycles. The van der Waals surface area contributed by atoms with Crippen molar-refractivity contribution in [1.29, 1.82) is 0 Å². The van der Waals surface area contributed by atoms with Gasteiger partial charge in [-0.05, 0) is 32.4 Å². The number of benzene rings is 1. The first-order chi connectivity index (χ1) is 11.4. The molecule has 1 aromatic carbocycles. The topological polar surface area (TPSA) is 63.7 Å². The van der Waals surface area contributed by atoms with E-state index in [-0.39, 0.29) is 17.7 Å². The third-order valence-corrected chi connectivity index (χ3v) is 3.23. The number of esters is 1. The van der Waals surface area contributed by atoms with Crippen LogP contribution in [-0.2, 0) is 25.7 Å². The normalized spacial score (nSPS) is 12.3. The minimum atomic E-state index is -0.448. The van der Waals surface area contributed by atoms with Gasteiger partial charge in [-0.25, -0.2) is 4.79 Å². The molecule has 5 nitrogen and oxygen atoms in total. The second-order valence-electron chi connectivity index (χ2n) is 5.25. The number of ketones is 1. The smallest absolute Gasteiger partial charge is 0.330 e. The molecule has 0 saturated heterocycles. The van der Waals surface area contributed by atoms with Crippen LogP contribution in [-0.4, -0.2) is 35.2 Å². The van der Waals surface area contributed by atoms with E-state index in [2.05, 4.69) is 0 Å². The van der Waals surface area contributed by atoms with Crippen LogP contribution in [0.15, 0.2) is 54.6 Å². The third-order valence-electron chi connectivity index (χ3n) is 3.23. The Hall–Kier alpha value is -2.69. The second kappa shape index (κ2) is 10.2. The summed E-state index contributed by atoms with van der Waals surface area (Å²) in [5.41, 5.74) is 0.957. The average molecular weight is 329 g/mol. The van der Waals surface area contributed by atoms with Crippen LogP contribution in [0.1, 0.15) is 26.3 Å². The summed E-state index contributed by atoms with van der Waals surface area (Å²) in [5, 5.41) is 0. The molecule has 1 amide bonds. The molecule has 0 aliphatic carbocycles. The average Bonchev–Trinajstić information content (AvgIpc) is 2.56. The Kier molecular flexibility index (Phi) is 8.19. The van der Waals surface area contributed by atoms with Gasteiger partial charge in [0.1, 0.15) is 0 Å². The lowest BCUT2D eigenvalue weighted by Crippen LogP contribution is -2.36. The van der Waals surface area contributed by atoms with Crippen molar-refractivity contribution >= 4 is 17.7 Å². The lowest BCUT2D eigenvalue weighted by atomic mass is 10.1. The van der Waals surface area contributed by atoms with E-state index < -0.39 is 5.97 Å². The van der Waals surface area contributed by atoms with Gasteiger partial charge in [-0.15, -0.1) is 0 Å². The SMILES string of the molecule is CCOC(=O)/C=C/[C@H](C)N(Cc1ccccc1)C(=O)/C=C/C(C)=O. The van der Waals surface area contributed by atoms with Crippen molar-refractivity contribution in [2.45, 2.75) is 33.4 Å². The third kappa shape index (κ3) is 7.05. The van der Waals surface area contributed by atoms with Gasteiger partial charge < -0.3 is 9.64 Å². The van der Waals surface area contributed by atoms with E-state index in [9.17, 15) is 14.4 Å². The van der Waals surface area contributed by atoms with Crippen LogP contribution >= 0.6 is 0 Å². The van der Waals surface area contributed by atoms with Crippen LogP contribution in [0.3, 0.4) is 0 Å². The summed E-state index contributed by atoms with van der Waals surface area (Å²) in [6, 6.07) is 9.17. The van der Waals surface area contributed by atoms with Crippen LogP contribution < -0.4 is 0 Å². The number of rotatable bonds is 8. The zero-order valence-corrected chi connectivity index (χ0v) is 14.3. The molecule has 0 unspecified atom stereocenters. The van der Waals surface area contributed by atoms with Crippen molar-refractivity contribution in [3.05, 3.63) is 60.2 Å². The lowest BCUT2D eigenvalue weighted by Gasteiger charge is -2.26. The van der Waals surface area contributed by atoms with E-state index in [0.29, 0.717) is 13.2 Å². The molecule has 128 valence electrons. The molecule has 5 heteroatoms. The Morgan fingerprint density at radius 1 is 1.12 bits per heavy atom. The van der Waals surface area contributed by atoms with Gasteiger partial charge in [-0.2, -0.15) is 0 Å². The number of hydrogen-bond donors (Lipinski definition) is 0. The fraction of sp³-hybridized carbons (Fsp3) is 0.316. The number of amides is 1. The summed E-state index contributed by atoms with van der Waals surface area (Å²) < 4.78 is 4.84. The number of carbonyl (C=O) groups is 3.